The number of aryl methyl sites for hydroxylation is 2. The van der Waals surface area contributed by atoms with Gasteiger partial charge in [0, 0.05) is 55.7 Å². The van der Waals surface area contributed by atoms with Crippen LogP contribution in [-0.4, -0.2) is 67.5 Å². The van der Waals surface area contributed by atoms with Crippen molar-refractivity contribution in [3.05, 3.63) is 46.9 Å². The van der Waals surface area contributed by atoms with Gasteiger partial charge in [-0.1, -0.05) is 26.0 Å². The summed E-state index contributed by atoms with van der Waals surface area (Å²) in [5, 5.41) is 0. The van der Waals surface area contributed by atoms with E-state index >= 15 is 0 Å². The summed E-state index contributed by atoms with van der Waals surface area (Å²) in [5.74, 6) is 2.79. The highest BCUT2D eigenvalue weighted by Crippen LogP contribution is 2.64. The van der Waals surface area contributed by atoms with Crippen molar-refractivity contribution in [2.75, 3.05) is 43.9 Å². The molecule has 0 amide bonds. The molecule has 200 valence electrons. The molecule has 1 aliphatic heterocycles. The molecule has 3 fully saturated rings. The normalized spacial score (nSPS) is 25.6. The van der Waals surface area contributed by atoms with E-state index < -0.39 is 15.4 Å². The second kappa shape index (κ2) is 9.34. The molecule has 0 radical (unpaired) electrons. The molecule has 1 saturated heterocycles. The first-order valence-corrected chi connectivity index (χ1v) is 14.8. The molecule has 2 heterocycles. The summed E-state index contributed by atoms with van der Waals surface area (Å²) >= 11 is 0. The Labute approximate surface area is 220 Å². The summed E-state index contributed by atoms with van der Waals surface area (Å²) in [6, 6.07) is 7.99. The Morgan fingerprint density at radius 2 is 1.73 bits per heavy atom. The van der Waals surface area contributed by atoms with Crippen LogP contribution >= 0.6 is 0 Å². The molecule has 0 N–H and O–H groups in total. The number of rotatable bonds is 7. The Balaban J connectivity index is 1.32. The lowest BCUT2D eigenvalue weighted by Gasteiger charge is -2.40. The number of sulfonamides is 1. The standard InChI is InChI=1S/C28H38N4O4S/c1-19-24(16-21-6-8-23(36-5)9-7-21)26(30-20(2)29-19)31-12-14-32(15-13-31)37(34,35)18-28-11-10-22(17-25(28)33)27(28,3)4/h6-9,22H,10-18H2,1-5H3. The van der Waals surface area contributed by atoms with Crippen LogP contribution in [0.25, 0.3) is 0 Å². The predicted octanol–water partition coefficient (Wildman–Crippen LogP) is 3.54. The van der Waals surface area contributed by atoms with Gasteiger partial charge in [-0.15, -0.1) is 0 Å². The molecular weight excluding hydrogens is 488 g/mol. The smallest absolute Gasteiger partial charge is 0.215 e. The number of carbonyl (C=O) groups is 1. The lowest BCUT2D eigenvalue weighted by atomic mass is 9.70. The van der Waals surface area contributed by atoms with E-state index in [9.17, 15) is 13.2 Å². The Morgan fingerprint density at radius 3 is 2.30 bits per heavy atom. The third-order valence-corrected chi connectivity index (χ3v) is 11.4. The Bertz CT molecular complexity index is 1300. The highest BCUT2D eigenvalue weighted by molar-refractivity contribution is 7.89. The quantitative estimate of drug-likeness (QED) is 0.545. The molecule has 2 atom stereocenters. The van der Waals surface area contributed by atoms with Gasteiger partial charge in [0.25, 0.3) is 0 Å². The fourth-order valence-electron chi connectivity index (χ4n) is 6.82. The second-order valence-corrected chi connectivity index (χ2v) is 13.5. The van der Waals surface area contributed by atoms with Crippen molar-refractivity contribution in [2.24, 2.45) is 16.7 Å². The minimum Gasteiger partial charge on any atom is -0.497 e. The van der Waals surface area contributed by atoms with E-state index in [-0.39, 0.29) is 17.0 Å². The number of ether oxygens (including phenoxy) is 1. The largest absolute Gasteiger partial charge is 0.497 e. The number of piperazine rings is 1. The zero-order valence-corrected chi connectivity index (χ0v) is 23.4. The van der Waals surface area contributed by atoms with E-state index in [1.807, 2.05) is 38.1 Å². The number of ketones is 1. The second-order valence-electron chi connectivity index (χ2n) is 11.5. The highest BCUT2D eigenvalue weighted by atomic mass is 32.2. The lowest BCUT2D eigenvalue weighted by molar-refractivity contribution is -0.128. The lowest BCUT2D eigenvalue weighted by Crippen LogP contribution is -2.53. The van der Waals surface area contributed by atoms with Crippen molar-refractivity contribution in [2.45, 2.75) is 53.4 Å². The number of benzene rings is 1. The molecule has 2 unspecified atom stereocenters. The van der Waals surface area contributed by atoms with E-state index in [1.54, 1.807) is 11.4 Å². The zero-order chi connectivity index (χ0) is 26.6. The zero-order valence-electron chi connectivity index (χ0n) is 22.6. The number of Topliss-reactive ketones (excluding diaryl/α,β-unsaturated/α-hetero) is 1. The first-order chi connectivity index (χ1) is 17.5. The van der Waals surface area contributed by atoms with Crippen LogP contribution in [0.1, 0.15) is 55.8 Å². The maximum absolute atomic E-state index is 13.6. The van der Waals surface area contributed by atoms with Gasteiger partial charge in [0.2, 0.25) is 10.0 Å². The summed E-state index contributed by atoms with van der Waals surface area (Å²) in [6.07, 6.45) is 2.85. The van der Waals surface area contributed by atoms with Gasteiger partial charge < -0.3 is 9.64 Å². The maximum Gasteiger partial charge on any atom is 0.215 e. The van der Waals surface area contributed by atoms with Crippen LogP contribution in [0.3, 0.4) is 0 Å². The van der Waals surface area contributed by atoms with Crippen molar-refractivity contribution >= 4 is 21.6 Å². The van der Waals surface area contributed by atoms with Gasteiger partial charge in [-0.3, -0.25) is 4.79 Å². The molecule has 9 heteroatoms. The van der Waals surface area contributed by atoms with E-state index in [2.05, 4.69) is 23.7 Å². The summed E-state index contributed by atoms with van der Waals surface area (Å²) in [7, 11) is -1.91. The number of nitrogens with zero attached hydrogens (tertiary/aromatic N) is 4. The van der Waals surface area contributed by atoms with Crippen LogP contribution in [0.2, 0.25) is 0 Å². The van der Waals surface area contributed by atoms with E-state index in [0.29, 0.717) is 57.2 Å². The molecule has 2 bridgehead atoms. The van der Waals surface area contributed by atoms with E-state index in [0.717, 1.165) is 34.8 Å². The summed E-state index contributed by atoms with van der Waals surface area (Å²) in [5.41, 5.74) is 2.13. The van der Waals surface area contributed by atoms with Gasteiger partial charge in [0.1, 0.15) is 23.2 Å². The molecule has 37 heavy (non-hydrogen) atoms. The molecule has 2 saturated carbocycles. The average Bonchev–Trinajstić information content (AvgIpc) is 3.20. The topological polar surface area (TPSA) is 92.7 Å². The number of anilines is 1. The number of aromatic nitrogens is 2. The summed E-state index contributed by atoms with van der Waals surface area (Å²) in [4.78, 5) is 24.5. The van der Waals surface area contributed by atoms with Crippen molar-refractivity contribution in [3.8, 4) is 5.75 Å². The molecule has 1 aromatic carbocycles. The highest BCUT2D eigenvalue weighted by Gasteiger charge is 2.65. The summed E-state index contributed by atoms with van der Waals surface area (Å²) < 4.78 is 34.1. The van der Waals surface area contributed by atoms with Gasteiger partial charge in [0.05, 0.1) is 12.9 Å². The number of methoxy groups -OCH3 is 1. The first kappa shape index (κ1) is 26.1. The van der Waals surface area contributed by atoms with Gasteiger partial charge in [-0.25, -0.2) is 18.4 Å². The third-order valence-electron chi connectivity index (χ3n) is 9.34. The Morgan fingerprint density at radius 1 is 1.05 bits per heavy atom. The van der Waals surface area contributed by atoms with E-state index in [1.165, 1.54) is 0 Å². The third kappa shape index (κ3) is 4.44. The van der Waals surface area contributed by atoms with Gasteiger partial charge in [-0.05, 0) is 55.7 Å². The van der Waals surface area contributed by atoms with Gasteiger partial charge in [-0.2, -0.15) is 4.31 Å². The van der Waals surface area contributed by atoms with Gasteiger partial charge >= 0.3 is 0 Å². The Kier molecular flexibility index (Phi) is 6.59. The average molecular weight is 527 g/mol. The molecule has 0 spiro atoms. The van der Waals surface area contributed by atoms with Gasteiger partial charge in [0.15, 0.2) is 0 Å². The minimum atomic E-state index is -3.56. The van der Waals surface area contributed by atoms with Crippen LogP contribution in [0.15, 0.2) is 24.3 Å². The molecule has 8 nitrogen and oxygen atoms in total. The van der Waals surface area contributed by atoms with Crippen molar-refractivity contribution in [1.29, 1.82) is 0 Å². The van der Waals surface area contributed by atoms with E-state index in [4.69, 9.17) is 9.72 Å². The SMILES string of the molecule is COc1ccc(Cc2c(C)nc(C)nc2N2CCN(S(=O)(=O)CC34CCC(CC3=O)C4(C)C)CC2)cc1. The van der Waals surface area contributed by atoms with Crippen LogP contribution < -0.4 is 9.64 Å². The van der Waals surface area contributed by atoms with Crippen LogP contribution in [0, 0.1) is 30.6 Å². The molecule has 1 aromatic heterocycles. The first-order valence-electron chi connectivity index (χ1n) is 13.2. The maximum atomic E-state index is 13.6. The van der Waals surface area contributed by atoms with Crippen molar-refractivity contribution in [1.82, 2.24) is 14.3 Å². The predicted molar refractivity (Wildman–Crippen MR) is 143 cm³/mol. The number of hydrogen-bond donors (Lipinski definition) is 0. The molecule has 3 aliphatic rings. The minimum absolute atomic E-state index is 0.0588. The molecule has 2 aliphatic carbocycles. The monoisotopic (exact) mass is 526 g/mol. The van der Waals surface area contributed by atoms with Crippen LogP contribution in [-0.2, 0) is 21.2 Å². The number of carbonyl (C=O) groups excluding carboxylic acids is 1. The number of fused-ring (bicyclic) bond motifs is 2. The van der Waals surface area contributed by atoms with Crippen LogP contribution in [0.5, 0.6) is 5.75 Å². The molecule has 2 aromatic rings. The summed E-state index contributed by atoms with van der Waals surface area (Å²) in [6.45, 7) is 9.96. The molecule has 5 rings (SSSR count). The number of hydrogen-bond acceptors (Lipinski definition) is 7. The Hall–Kier alpha value is -2.52. The fourth-order valence-corrected chi connectivity index (χ4v) is 9.03. The molecular formula is C28H38N4O4S. The van der Waals surface area contributed by atoms with Crippen molar-refractivity contribution in [3.63, 3.8) is 0 Å². The van der Waals surface area contributed by atoms with Crippen molar-refractivity contribution < 1.29 is 17.9 Å². The fraction of sp³-hybridized carbons (Fsp3) is 0.607. The van der Waals surface area contributed by atoms with Crippen LogP contribution in [0.4, 0.5) is 5.82 Å².